The van der Waals surface area contributed by atoms with Crippen molar-refractivity contribution in [2.24, 2.45) is 4.99 Å². The summed E-state index contributed by atoms with van der Waals surface area (Å²) in [4.78, 5) is 7.09. The molecule has 1 aliphatic rings. The SMILES string of the molecule is CCc1cccc(CC)c1N1C=N[C@@H](Cc2ccccc2)C1. The summed E-state index contributed by atoms with van der Waals surface area (Å²) in [6.07, 6.45) is 5.19. The number of benzene rings is 2. The summed E-state index contributed by atoms with van der Waals surface area (Å²) < 4.78 is 0. The zero-order valence-corrected chi connectivity index (χ0v) is 13.5. The van der Waals surface area contributed by atoms with Crippen LogP contribution in [0.25, 0.3) is 0 Å². The lowest BCUT2D eigenvalue weighted by atomic mass is 10.0. The Morgan fingerprint density at radius 2 is 1.64 bits per heavy atom. The van der Waals surface area contributed by atoms with Crippen LogP contribution in [0.1, 0.15) is 30.5 Å². The molecular formula is C20H24N2. The minimum atomic E-state index is 0.358. The maximum Gasteiger partial charge on any atom is 0.0899 e. The Bertz CT molecular complexity index is 624. The van der Waals surface area contributed by atoms with E-state index in [0.717, 1.165) is 25.8 Å². The Kier molecular flexibility index (Phi) is 4.57. The third kappa shape index (κ3) is 3.06. The number of nitrogens with zero attached hydrogens (tertiary/aromatic N) is 2. The summed E-state index contributed by atoms with van der Waals surface area (Å²) in [5.41, 5.74) is 5.59. The van der Waals surface area contributed by atoms with Gasteiger partial charge in [-0.15, -0.1) is 0 Å². The van der Waals surface area contributed by atoms with Crippen molar-refractivity contribution in [1.82, 2.24) is 0 Å². The Hall–Kier alpha value is -2.09. The normalized spacial score (nSPS) is 17.2. The molecule has 2 aromatic rings. The molecule has 0 unspecified atom stereocenters. The third-order valence-corrected chi connectivity index (χ3v) is 4.39. The van der Waals surface area contributed by atoms with Crippen molar-refractivity contribution >= 4 is 12.0 Å². The third-order valence-electron chi connectivity index (χ3n) is 4.39. The summed E-state index contributed by atoms with van der Waals surface area (Å²) in [6.45, 7) is 5.44. The largest absolute Gasteiger partial charge is 0.330 e. The van der Waals surface area contributed by atoms with E-state index in [-0.39, 0.29) is 0 Å². The fraction of sp³-hybridized carbons (Fsp3) is 0.350. The van der Waals surface area contributed by atoms with Crippen LogP contribution in [-0.2, 0) is 19.3 Å². The lowest BCUT2D eigenvalue weighted by Gasteiger charge is -2.23. The second-order valence-electron chi connectivity index (χ2n) is 5.89. The van der Waals surface area contributed by atoms with Gasteiger partial charge in [-0.1, -0.05) is 62.4 Å². The zero-order valence-electron chi connectivity index (χ0n) is 13.5. The molecule has 2 heteroatoms. The number of anilines is 1. The van der Waals surface area contributed by atoms with Crippen molar-refractivity contribution in [2.75, 3.05) is 11.4 Å². The van der Waals surface area contributed by atoms with Crippen molar-refractivity contribution in [3.8, 4) is 0 Å². The standard InChI is InChI=1S/C20H24N2/c1-3-17-11-8-12-18(4-2)20(17)22-14-19(21-15-22)13-16-9-6-5-7-10-16/h5-12,15,19H,3-4,13-14H2,1-2H3/t19-/m0/s1. The van der Waals surface area contributed by atoms with E-state index in [1.165, 1.54) is 22.4 Å². The van der Waals surface area contributed by atoms with Crippen molar-refractivity contribution < 1.29 is 0 Å². The number of rotatable bonds is 5. The molecule has 0 radical (unpaired) electrons. The summed E-state index contributed by atoms with van der Waals surface area (Å²) in [6, 6.07) is 17.7. The highest BCUT2D eigenvalue weighted by molar-refractivity contribution is 5.84. The van der Waals surface area contributed by atoms with E-state index in [0.29, 0.717) is 6.04 Å². The van der Waals surface area contributed by atoms with Crippen molar-refractivity contribution in [3.63, 3.8) is 0 Å². The maximum absolute atomic E-state index is 4.74. The van der Waals surface area contributed by atoms with E-state index in [1.54, 1.807) is 0 Å². The van der Waals surface area contributed by atoms with Crippen LogP contribution in [0.15, 0.2) is 53.5 Å². The molecule has 0 spiro atoms. The molecular weight excluding hydrogens is 268 g/mol. The number of hydrogen-bond acceptors (Lipinski definition) is 2. The van der Waals surface area contributed by atoms with Gasteiger partial charge in [0.05, 0.1) is 12.4 Å². The van der Waals surface area contributed by atoms with Crippen LogP contribution in [0, 0.1) is 0 Å². The van der Waals surface area contributed by atoms with Gasteiger partial charge < -0.3 is 4.90 Å². The van der Waals surface area contributed by atoms with Gasteiger partial charge in [-0.25, -0.2) is 0 Å². The molecule has 0 N–H and O–H groups in total. The fourth-order valence-electron chi connectivity index (χ4n) is 3.23. The molecule has 0 amide bonds. The molecule has 2 nitrogen and oxygen atoms in total. The summed E-state index contributed by atoms with van der Waals surface area (Å²) in [7, 11) is 0. The van der Waals surface area contributed by atoms with Gasteiger partial charge in [0.25, 0.3) is 0 Å². The van der Waals surface area contributed by atoms with Gasteiger partial charge in [0.1, 0.15) is 0 Å². The van der Waals surface area contributed by atoms with Crippen LogP contribution in [-0.4, -0.2) is 18.9 Å². The summed E-state index contributed by atoms with van der Waals surface area (Å²) >= 11 is 0. The molecule has 0 saturated carbocycles. The first-order chi connectivity index (χ1) is 10.8. The van der Waals surface area contributed by atoms with Crippen LogP contribution in [0.5, 0.6) is 0 Å². The highest BCUT2D eigenvalue weighted by atomic mass is 15.2. The topological polar surface area (TPSA) is 15.6 Å². The van der Waals surface area contributed by atoms with Crippen LogP contribution in [0.4, 0.5) is 5.69 Å². The first-order valence-electron chi connectivity index (χ1n) is 8.26. The smallest absolute Gasteiger partial charge is 0.0899 e. The van der Waals surface area contributed by atoms with Crippen molar-refractivity contribution in [1.29, 1.82) is 0 Å². The lowest BCUT2D eigenvalue weighted by Crippen LogP contribution is -2.26. The number of para-hydroxylation sites is 1. The molecule has 0 aromatic heterocycles. The van der Waals surface area contributed by atoms with Gasteiger partial charge in [-0.2, -0.15) is 0 Å². The fourth-order valence-corrected chi connectivity index (χ4v) is 3.23. The molecule has 0 aliphatic carbocycles. The Balaban J connectivity index is 1.77. The molecule has 114 valence electrons. The molecule has 0 saturated heterocycles. The Morgan fingerprint density at radius 1 is 0.955 bits per heavy atom. The van der Waals surface area contributed by atoms with Gasteiger partial charge in [0, 0.05) is 12.2 Å². The molecule has 1 heterocycles. The minimum Gasteiger partial charge on any atom is -0.330 e. The zero-order chi connectivity index (χ0) is 15.4. The molecule has 1 aliphatic heterocycles. The number of aryl methyl sites for hydroxylation is 2. The van der Waals surface area contributed by atoms with Crippen LogP contribution in [0.2, 0.25) is 0 Å². The molecule has 0 fully saturated rings. The molecule has 2 aromatic carbocycles. The average Bonchev–Trinajstić information content (AvgIpc) is 3.03. The van der Waals surface area contributed by atoms with Crippen molar-refractivity contribution in [3.05, 3.63) is 65.2 Å². The Morgan fingerprint density at radius 3 is 2.27 bits per heavy atom. The first kappa shape index (κ1) is 14.8. The number of aliphatic imine (C=N–C) groups is 1. The van der Waals surface area contributed by atoms with Gasteiger partial charge in [0.2, 0.25) is 0 Å². The lowest BCUT2D eigenvalue weighted by molar-refractivity contribution is 0.712. The van der Waals surface area contributed by atoms with E-state index in [9.17, 15) is 0 Å². The van der Waals surface area contributed by atoms with E-state index >= 15 is 0 Å². The molecule has 3 rings (SSSR count). The maximum atomic E-state index is 4.74. The molecule has 1 atom stereocenters. The summed E-state index contributed by atoms with van der Waals surface area (Å²) in [5, 5.41) is 0. The Labute approximate surface area is 133 Å². The number of hydrogen-bond donors (Lipinski definition) is 0. The highest BCUT2D eigenvalue weighted by Crippen LogP contribution is 2.28. The van der Waals surface area contributed by atoms with Crippen LogP contribution >= 0.6 is 0 Å². The van der Waals surface area contributed by atoms with Crippen LogP contribution in [0.3, 0.4) is 0 Å². The molecule has 0 bridgehead atoms. The first-order valence-corrected chi connectivity index (χ1v) is 8.26. The van der Waals surface area contributed by atoms with Gasteiger partial charge in [-0.3, -0.25) is 4.99 Å². The highest BCUT2D eigenvalue weighted by Gasteiger charge is 2.22. The van der Waals surface area contributed by atoms with E-state index in [1.807, 2.05) is 6.34 Å². The monoisotopic (exact) mass is 292 g/mol. The van der Waals surface area contributed by atoms with Gasteiger partial charge >= 0.3 is 0 Å². The minimum absolute atomic E-state index is 0.358. The second kappa shape index (κ2) is 6.78. The van der Waals surface area contributed by atoms with E-state index < -0.39 is 0 Å². The van der Waals surface area contributed by atoms with E-state index in [4.69, 9.17) is 4.99 Å². The van der Waals surface area contributed by atoms with Gasteiger partial charge in [-0.05, 0) is 36.0 Å². The average molecular weight is 292 g/mol. The predicted octanol–water partition coefficient (Wildman–Crippen LogP) is 4.27. The van der Waals surface area contributed by atoms with Crippen LogP contribution < -0.4 is 4.90 Å². The predicted molar refractivity (Wildman–Crippen MR) is 95.0 cm³/mol. The second-order valence-corrected chi connectivity index (χ2v) is 5.89. The molecule has 22 heavy (non-hydrogen) atoms. The summed E-state index contributed by atoms with van der Waals surface area (Å²) in [5.74, 6) is 0. The van der Waals surface area contributed by atoms with E-state index in [2.05, 4.69) is 67.3 Å². The quantitative estimate of drug-likeness (QED) is 0.803. The van der Waals surface area contributed by atoms with Crippen molar-refractivity contribution in [2.45, 2.75) is 39.2 Å². The van der Waals surface area contributed by atoms with Gasteiger partial charge in [0.15, 0.2) is 0 Å².